The van der Waals surface area contributed by atoms with Gasteiger partial charge < -0.3 is 0 Å². The van der Waals surface area contributed by atoms with Crippen molar-refractivity contribution in [3.63, 3.8) is 0 Å². The minimum atomic E-state index is -3.51. The summed E-state index contributed by atoms with van der Waals surface area (Å²) in [6.45, 7) is 1.93. The lowest BCUT2D eigenvalue weighted by Crippen LogP contribution is -2.50. The zero-order valence-electron chi connectivity index (χ0n) is 8.70. The van der Waals surface area contributed by atoms with Crippen LogP contribution in [-0.4, -0.2) is 34.8 Å². The molecule has 0 radical (unpaired) electrons. The van der Waals surface area contributed by atoms with Gasteiger partial charge in [0.1, 0.15) is 4.90 Å². The summed E-state index contributed by atoms with van der Waals surface area (Å²) < 4.78 is 26.6. The van der Waals surface area contributed by atoms with E-state index in [9.17, 15) is 8.42 Å². The average Bonchev–Trinajstić information content (AvgIpc) is 2.80. The summed E-state index contributed by atoms with van der Waals surface area (Å²) in [4.78, 5) is 0.146. The Morgan fingerprint density at radius 1 is 1.50 bits per heavy atom. The van der Waals surface area contributed by atoms with E-state index in [2.05, 4.69) is 46.8 Å². The SMILES string of the molecule is CCC(CBr)(CBr)NS(=O)(=O)c1cn[nH]c1. The van der Waals surface area contributed by atoms with E-state index >= 15 is 0 Å². The van der Waals surface area contributed by atoms with Crippen LogP contribution in [-0.2, 0) is 10.0 Å². The highest BCUT2D eigenvalue weighted by Gasteiger charge is 2.32. The largest absolute Gasteiger partial charge is 0.284 e. The zero-order valence-corrected chi connectivity index (χ0v) is 12.7. The molecule has 0 aliphatic heterocycles. The number of aromatic nitrogens is 2. The van der Waals surface area contributed by atoms with Crippen molar-refractivity contribution in [1.29, 1.82) is 0 Å². The van der Waals surface area contributed by atoms with Crippen molar-refractivity contribution in [3.8, 4) is 0 Å². The maximum Gasteiger partial charge on any atom is 0.244 e. The summed E-state index contributed by atoms with van der Waals surface area (Å²) in [7, 11) is -3.51. The molecule has 1 aromatic heterocycles. The fraction of sp³-hybridized carbons (Fsp3) is 0.625. The molecule has 5 nitrogen and oxygen atoms in total. The maximum absolute atomic E-state index is 12.0. The molecule has 92 valence electrons. The first-order chi connectivity index (χ1) is 7.49. The lowest BCUT2D eigenvalue weighted by molar-refractivity contribution is 0.459. The molecule has 0 saturated heterocycles. The molecular formula is C8H13Br2N3O2S. The molecular weight excluding hydrogens is 362 g/mol. The second-order valence-electron chi connectivity index (χ2n) is 3.44. The van der Waals surface area contributed by atoms with Gasteiger partial charge in [-0.1, -0.05) is 38.8 Å². The first-order valence-corrected chi connectivity index (χ1v) is 8.37. The highest BCUT2D eigenvalue weighted by atomic mass is 79.9. The van der Waals surface area contributed by atoms with E-state index in [0.29, 0.717) is 17.1 Å². The summed E-state index contributed by atoms with van der Waals surface area (Å²) in [5, 5.41) is 7.19. The Morgan fingerprint density at radius 2 is 2.12 bits per heavy atom. The zero-order chi connectivity index (χ0) is 12.2. The second kappa shape index (κ2) is 5.61. The molecule has 0 aromatic carbocycles. The summed E-state index contributed by atoms with van der Waals surface area (Å²) >= 11 is 6.66. The van der Waals surface area contributed by atoms with Gasteiger partial charge in [0, 0.05) is 16.9 Å². The predicted octanol–water partition coefficient (Wildman–Crippen LogP) is 1.63. The van der Waals surface area contributed by atoms with Crippen molar-refractivity contribution in [1.82, 2.24) is 14.9 Å². The third kappa shape index (κ3) is 3.06. The minimum absolute atomic E-state index is 0.146. The van der Waals surface area contributed by atoms with Crippen LogP contribution in [0.5, 0.6) is 0 Å². The molecule has 2 N–H and O–H groups in total. The number of halogens is 2. The highest BCUT2D eigenvalue weighted by Crippen LogP contribution is 2.20. The van der Waals surface area contributed by atoms with Gasteiger partial charge in [-0.2, -0.15) is 5.10 Å². The van der Waals surface area contributed by atoms with E-state index in [4.69, 9.17) is 0 Å². The van der Waals surface area contributed by atoms with Crippen LogP contribution in [0.4, 0.5) is 0 Å². The van der Waals surface area contributed by atoms with Gasteiger partial charge >= 0.3 is 0 Å². The molecule has 0 unspecified atom stereocenters. The molecule has 16 heavy (non-hydrogen) atoms. The quantitative estimate of drug-likeness (QED) is 0.743. The fourth-order valence-corrected chi connectivity index (χ4v) is 4.83. The number of hydrogen-bond donors (Lipinski definition) is 2. The monoisotopic (exact) mass is 373 g/mol. The maximum atomic E-state index is 12.0. The van der Waals surface area contributed by atoms with Crippen molar-refractivity contribution in [2.75, 3.05) is 10.7 Å². The van der Waals surface area contributed by atoms with Crippen LogP contribution in [0.15, 0.2) is 17.3 Å². The molecule has 1 aromatic rings. The van der Waals surface area contributed by atoms with Gasteiger partial charge in [0.15, 0.2) is 0 Å². The Bertz CT molecular complexity index is 406. The van der Waals surface area contributed by atoms with Gasteiger partial charge in [-0.15, -0.1) is 0 Å². The fourth-order valence-electron chi connectivity index (χ4n) is 1.08. The van der Waals surface area contributed by atoms with Crippen molar-refractivity contribution >= 4 is 41.9 Å². The molecule has 0 amide bonds. The van der Waals surface area contributed by atoms with Crippen molar-refractivity contribution < 1.29 is 8.42 Å². The molecule has 0 saturated carbocycles. The Kier molecular flexibility index (Phi) is 4.96. The summed E-state index contributed by atoms with van der Waals surface area (Å²) in [6, 6.07) is 0. The number of H-pyrrole nitrogens is 1. The molecule has 0 bridgehead atoms. The van der Waals surface area contributed by atoms with Gasteiger partial charge in [0.05, 0.1) is 11.7 Å². The number of nitrogens with one attached hydrogen (secondary N) is 2. The number of alkyl halides is 2. The third-order valence-corrected chi connectivity index (χ3v) is 6.02. The van der Waals surface area contributed by atoms with Crippen LogP contribution in [0.1, 0.15) is 13.3 Å². The van der Waals surface area contributed by atoms with Gasteiger partial charge in [-0.3, -0.25) is 5.10 Å². The lowest BCUT2D eigenvalue weighted by Gasteiger charge is -2.29. The van der Waals surface area contributed by atoms with E-state index in [-0.39, 0.29) is 4.90 Å². The molecule has 0 spiro atoms. The molecule has 8 heteroatoms. The van der Waals surface area contributed by atoms with Crippen molar-refractivity contribution in [2.45, 2.75) is 23.8 Å². The van der Waals surface area contributed by atoms with Crippen LogP contribution in [0.3, 0.4) is 0 Å². The Labute approximate surface area is 112 Å². The number of hydrogen-bond acceptors (Lipinski definition) is 3. The lowest BCUT2D eigenvalue weighted by atomic mass is 10.0. The normalized spacial score (nSPS) is 12.9. The summed E-state index contributed by atoms with van der Waals surface area (Å²) in [5.41, 5.74) is -0.518. The summed E-state index contributed by atoms with van der Waals surface area (Å²) in [6.07, 6.45) is 3.32. The molecule has 0 aliphatic carbocycles. The van der Waals surface area contributed by atoms with Gasteiger partial charge in [0.25, 0.3) is 0 Å². The second-order valence-corrected chi connectivity index (χ2v) is 6.24. The predicted molar refractivity (Wildman–Crippen MR) is 69.5 cm³/mol. The number of rotatable bonds is 6. The van der Waals surface area contributed by atoms with Crippen molar-refractivity contribution in [2.24, 2.45) is 0 Å². The topological polar surface area (TPSA) is 74.8 Å². The number of aromatic amines is 1. The minimum Gasteiger partial charge on any atom is -0.284 e. The molecule has 1 heterocycles. The molecule has 0 fully saturated rings. The number of nitrogens with zero attached hydrogens (tertiary/aromatic N) is 1. The Morgan fingerprint density at radius 3 is 2.50 bits per heavy atom. The van der Waals surface area contributed by atoms with Crippen LogP contribution in [0.25, 0.3) is 0 Å². The highest BCUT2D eigenvalue weighted by molar-refractivity contribution is 9.09. The van der Waals surface area contributed by atoms with E-state index < -0.39 is 15.6 Å². The van der Waals surface area contributed by atoms with E-state index in [1.165, 1.54) is 12.4 Å². The molecule has 1 rings (SSSR count). The summed E-state index contributed by atoms with van der Waals surface area (Å²) in [5.74, 6) is 0. The van der Waals surface area contributed by atoms with E-state index in [0.717, 1.165) is 0 Å². The molecule has 0 atom stereocenters. The Balaban J connectivity index is 2.96. The third-order valence-electron chi connectivity index (χ3n) is 2.32. The van der Waals surface area contributed by atoms with Gasteiger partial charge in [0.2, 0.25) is 10.0 Å². The van der Waals surface area contributed by atoms with Crippen LogP contribution >= 0.6 is 31.9 Å². The van der Waals surface area contributed by atoms with Gasteiger partial charge in [-0.25, -0.2) is 13.1 Å². The standard InChI is InChI=1S/C8H13Br2N3O2S/c1-2-8(5-9,6-10)13-16(14,15)7-3-11-12-4-7/h3-4,13H,2,5-6H2,1H3,(H,11,12). The van der Waals surface area contributed by atoms with Crippen LogP contribution in [0.2, 0.25) is 0 Å². The smallest absolute Gasteiger partial charge is 0.244 e. The first kappa shape index (κ1) is 14.1. The van der Waals surface area contributed by atoms with E-state index in [1.807, 2.05) is 6.92 Å². The molecule has 0 aliphatic rings. The van der Waals surface area contributed by atoms with Gasteiger partial charge in [-0.05, 0) is 6.42 Å². The van der Waals surface area contributed by atoms with Crippen LogP contribution in [0, 0.1) is 0 Å². The van der Waals surface area contributed by atoms with E-state index in [1.54, 1.807) is 0 Å². The van der Waals surface area contributed by atoms with Crippen molar-refractivity contribution in [3.05, 3.63) is 12.4 Å². The van der Waals surface area contributed by atoms with Crippen LogP contribution < -0.4 is 4.72 Å². The first-order valence-electron chi connectivity index (χ1n) is 4.64. The average molecular weight is 375 g/mol. The Hall–Kier alpha value is 0.0800. The number of sulfonamides is 1.